The van der Waals surface area contributed by atoms with Crippen LogP contribution in [0.5, 0.6) is 0 Å². The van der Waals surface area contributed by atoms with Gasteiger partial charge in [-0.05, 0) is 24.1 Å². The van der Waals surface area contributed by atoms with E-state index in [2.05, 4.69) is 0 Å². The van der Waals surface area contributed by atoms with Crippen molar-refractivity contribution in [2.75, 3.05) is 6.54 Å². The van der Waals surface area contributed by atoms with E-state index in [0.29, 0.717) is 31.6 Å². The lowest BCUT2D eigenvalue weighted by molar-refractivity contribution is 0.0750. The molecule has 4 nitrogen and oxygen atoms in total. The zero-order valence-corrected chi connectivity index (χ0v) is 12.6. The Morgan fingerprint density at radius 3 is 2.52 bits per heavy atom. The van der Waals surface area contributed by atoms with Crippen molar-refractivity contribution in [3.63, 3.8) is 0 Å². The molecule has 1 heterocycles. The molecule has 112 valence electrons. The number of carbonyl (C=O) groups is 1. The van der Waals surface area contributed by atoms with Crippen molar-refractivity contribution in [2.24, 2.45) is 5.73 Å². The molecule has 0 unspecified atom stereocenters. The molecule has 0 atom stereocenters. The van der Waals surface area contributed by atoms with E-state index in [1.54, 1.807) is 12.3 Å². The number of benzene rings is 1. The lowest BCUT2D eigenvalue weighted by atomic mass is 10.1. The summed E-state index contributed by atoms with van der Waals surface area (Å²) < 4.78 is 5.36. The molecule has 4 heteroatoms. The molecule has 0 aliphatic carbocycles. The van der Waals surface area contributed by atoms with Crippen LogP contribution in [0, 0.1) is 0 Å². The molecule has 2 N–H and O–H groups in total. The normalized spacial score (nSPS) is 10.6. The van der Waals surface area contributed by atoms with Crippen LogP contribution in [0.25, 0.3) is 0 Å². The summed E-state index contributed by atoms with van der Waals surface area (Å²) in [4.78, 5) is 14.5. The van der Waals surface area contributed by atoms with Crippen LogP contribution in [0.2, 0.25) is 0 Å². The van der Waals surface area contributed by atoms with Gasteiger partial charge in [-0.15, -0.1) is 0 Å². The third kappa shape index (κ3) is 3.34. The van der Waals surface area contributed by atoms with Gasteiger partial charge in [-0.25, -0.2) is 0 Å². The fourth-order valence-electron chi connectivity index (χ4n) is 2.42. The van der Waals surface area contributed by atoms with Gasteiger partial charge in [-0.3, -0.25) is 4.79 Å². The van der Waals surface area contributed by atoms with Gasteiger partial charge in [0.05, 0.1) is 11.8 Å². The molecule has 1 amide bonds. The van der Waals surface area contributed by atoms with Crippen molar-refractivity contribution in [3.8, 4) is 0 Å². The standard InChI is InChI=1S/C17H22N2O2/c1-3-16-15(9-10-21-16)17(20)19(4-2)12-14-8-6-5-7-13(14)11-18/h5-10H,3-4,11-12,18H2,1-2H3. The summed E-state index contributed by atoms with van der Waals surface area (Å²) in [6.45, 7) is 5.65. The van der Waals surface area contributed by atoms with Crippen LogP contribution in [0.1, 0.15) is 41.1 Å². The van der Waals surface area contributed by atoms with Gasteiger partial charge >= 0.3 is 0 Å². The van der Waals surface area contributed by atoms with E-state index in [-0.39, 0.29) is 5.91 Å². The van der Waals surface area contributed by atoms with Crippen molar-refractivity contribution in [2.45, 2.75) is 33.4 Å². The number of rotatable bonds is 6. The maximum Gasteiger partial charge on any atom is 0.257 e. The molecule has 21 heavy (non-hydrogen) atoms. The van der Waals surface area contributed by atoms with Crippen LogP contribution in [0.15, 0.2) is 41.0 Å². The molecule has 0 radical (unpaired) electrons. The molecule has 1 aromatic carbocycles. The molecular weight excluding hydrogens is 264 g/mol. The fourth-order valence-corrected chi connectivity index (χ4v) is 2.42. The third-order valence-corrected chi connectivity index (χ3v) is 3.67. The first-order valence-electron chi connectivity index (χ1n) is 7.33. The largest absolute Gasteiger partial charge is 0.469 e. The minimum Gasteiger partial charge on any atom is -0.469 e. The van der Waals surface area contributed by atoms with Gasteiger partial charge in [0.25, 0.3) is 5.91 Å². The second kappa shape index (κ2) is 7.09. The Morgan fingerprint density at radius 2 is 1.90 bits per heavy atom. The number of carbonyl (C=O) groups excluding carboxylic acids is 1. The van der Waals surface area contributed by atoms with Crippen molar-refractivity contribution < 1.29 is 9.21 Å². The van der Waals surface area contributed by atoms with Crippen molar-refractivity contribution in [1.82, 2.24) is 4.90 Å². The number of nitrogens with zero attached hydrogens (tertiary/aromatic N) is 1. The Morgan fingerprint density at radius 1 is 1.19 bits per heavy atom. The molecule has 0 saturated carbocycles. The predicted molar refractivity (Wildman–Crippen MR) is 82.8 cm³/mol. The molecule has 2 aromatic rings. The van der Waals surface area contributed by atoms with Gasteiger partial charge in [-0.1, -0.05) is 31.2 Å². The first-order chi connectivity index (χ1) is 10.2. The fraction of sp³-hybridized carbons (Fsp3) is 0.353. The molecular formula is C17H22N2O2. The molecule has 1 aromatic heterocycles. The van der Waals surface area contributed by atoms with E-state index in [1.807, 2.05) is 43.0 Å². The molecule has 0 aliphatic heterocycles. The van der Waals surface area contributed by atoms with Gasteiger partial charge in [0, 0.05) is 26.1 Å². The zero-order chi connectivity index (χ0) is 15.2. The van der Waals surface area contributed by atoms with Crippen LogP contribution in [-0.4, -0.2) is 17.4 Å². The van der Waals surface area contributed by atoms with Crippen LogP contribution in [-0.2, 0) is 19.5 Å². The van der Waals surface area contributed by atoms with E-state index >= 15 is 0 Å². The predicted octanol–water partition coefficient (Wildman–Crippen LogP) is 2.96. The van der Waals surface area contributed by atoms with E-state index in [0.717, 1.165) is 16.9 Å². The average Bonchev–Trinajstić information content (AvgIpc) is 3.00. The quantitative estimate of drug-likeness (QED) is 0.888. The molecule has 0 bridgehead atoms. The van der Waals surface area contributed by atoms with Gasteiger partial charge in [0.1, 0.15) is 5.76 Å². The molecule has 2 rings (SSSR count). The number of furan rings is 1. The summed E-state index contributed by atoms with van der Waals surface area (Å²) >= 11 is 0. The van der Waals surface area contributed by atoms with Crippen molar-refractivity contribution >= 4 is 5.91 Å². The topological polar surface area (TPSA) is 59.5 Å². The van der Waals surface area contributed by atoms with Gasteiger partial charge < -0.3 is 15.1 Å². The Labute approximate surface area is 125 Å². The van der Waals surface area contributed by atoms with Crippen LogP contribution in [0.3, 0.4) is 0 Å². The number of nitrogens with two attached hydrogens (primary N) is 1. The lowest BCUT2D eigenvalue weighted by Gasteiger charge is -2.22. The second-order valence-electron chi connectivity index (χ2n) is 4.90. The van der Waals surface area contributed by atoms with Crippen LogP contribution >= 0.6 is 0 Å². The third-order valence-electron chi connectivity index (χ3n) is 3.67. The van der Waals surface area contributed by atoms with Crippen molar-refractivity contribution in [1.29, 1.82) is 0 Å². The van der Waals surface area contributed by atoms with Gasteiger partial charge in [0.2, 0.25) is 0 Å². The van der Waals surface area contributed by atoms with E-state index in [9.17, 15) is 4.79 Å². The summed E-state index contributed by atoms with van der Waals surface area (Å²) in [6, 6.07) is 9.72. The molecule has 0 saturated heterocycles. The number of hydrogen-bond acceptors (Lipinski definition) is 3. The summed E-state index contributed by atoms with van der Waals surface area (Å²) in [5, 5.41) is 0. The van der Waals surface area contributed by atoms with Crippen LogP contribution < -0.4 is 5.73 Å². The van der Waals surface area contributed by atoms with Gasteiger partial charge in [0.15, 0.2) is 0 Å². The first kappa shape index (κ1) is 15.3. The van der Waals surface area contributed by atoms with Gasteiger partial charge in [-0.2, -0.15) is 0 Å². The molecule has 0 fully saturated rings. The molecule has 0 spiro atoms. The smallest absolute Gasteiger partial charge is 0.257 e. The number of hydrogen-bond donors (Lipinski definition) is 1. The maximum atomic E-state index is 12.7. The summed E-state index contributed by atoms with van der Waals surface area (Å²) in [6.07, 6.45) is 2.29. The minimum absolute atomic E-state index is 0.00919. The molecule has 0 aliphatic rings. The first-order valence-corrected chi connectivity index (χ1v) is 7.33. The highest BCUT2D eigenvalue weighted by atomic mass is 16.3. The number of aryl methyl sites for hydroxylation is 1. The Balaban J connectivity index is 2.22. The maximum absolute atomic E-state index is 12.7. The van der Waals surface area contributed by atoms with E-state index in [4.69, 9.17) is 10.2 Å². The van der Waals surface area contributed by atoms with E-state index in [1.165, 1.54) is 0 Å². The second-order valence-corrected chi connectivity index (χ2v) is 4.90. The highest BCUT2D eigenvalue weighted by Crippen LogP contribution is 2.17. The zero-order valence-electron chi connectivity index (χ0n) is 12.6. The summed E-state index contributed by atoms with van der Waals surface area (Å²) in [5.74, 6) is 0.750. The number of amides is 1. The Kier molecular flexibility index (Phi) is 5.17. The summed E-state index contributed by atoms with van der Waals surface area (Å²) in [7, 11) is 0. The monoisotopic (exact) mass is 286 g/mol. The highest BCUT2D eigenvalue weighted by Gasteiger charge is 2.20. The Hall–Kier alpha value is -2.07. The Bertz CT molecular complexity index is 604. The van der Waals surface area contributed by atoms with E-state index < -0.39 is 0 Å². The highest BCUT2D eigenvalue weighted by molar-refractivity contribution is 5.95. The SMILES string of the molecule is CCc1occc1C(=O)N(CC)Cc1ccccc1CN. The minimum atomic E-state index is 0.00919. The lowest BCUT2D eigenvalue weighted by Crippen LogP contribution is -2.31. The average molecular weight is 286 g/mol. The van der Waals surface area contributed by atoms with Crippen LogP contribution in [0.4, 0.5) is 0 Å². The van der Waals surface area contributed by atoms with Crippen molar-refractivity contribution in [3.05, 3.63) is 59.0 Å². The summed E-state index contributed by atoms with van der Waals surface area (Å²) in [5.41, 5.74) is 8.59.